The summed E-state index contributed by atoms with van der Waals surface area (Å²) in [5.41, 5.74) is 0.636. The summed E-state index contributed by atoms with van der Waals surface area (Å²) in [6, 6.07) is 0. The molecule has 0 bridgehead atoms. The number of aromatic nitrogens is 3. The number of anilines is 3. The Kier molecular flexibility index (Phi) is 14.7. The molecule has 0 radical (unpaired) electrons. The lowest BCUT2D eigenvalue weighted by Gasteiger charge is -2.23. The summed E-state index contributed by atoms with van der Waals surface area (Å²) in [7, 11) is 3.59. The number of esters is 2. The highest BCUT2D eigenvalue weighted by atomic mass is 16.5. The van der Waals surface area contributed by atoms with Crippen LogP contribution in [-0.2, 0) is 19.1 Å². The predicted molar refractivity (Wildman–Crippen MR) is 140 cm³/mol. The minimum absolute atomic E-state index is 0.0779. The molecule has 1 heterocycles. The molecule has 0 saturated carbocycles. The largest absolute Gasteiger partial charge is 0.461 e. The van der Waals surface area contributed by atoms with Gasteiger partial charge in [-0.25, -0.2) is 9.59 Å². The second kappa shape index (κ2) is 17.2. The van der Waals surface area contributed by atoms with Gasteiger partial charge in [0, 0.05) is 51.4 Å². The lowest BCUT2D eigenvalue weighted by Crippen LogP contribution is -2.36. The average Bonchev–Trinajstić information content (AvgIpc) is 2.85. The van der Waals surface area contributed by atoms with Crippen LogP contribution in [0.15, 0.2) is 24.3 Å². The number of hydrogen-bond donors (Lipinski definition) is 4. The Morgan fingerprint density at radius 2 is 1.19 bits per heavy atom. The van der Waals surface area contributed by atoms with Crippen molar-refractivity contribution in [1.82, 2.24) is 24.8 Å². The van der Waals surface area contributed by atoms with E-state index in [1.165, 1.54) is 0 Å². The Bertz CT molecular complexity index is 834. The lowest BCUT2D eigenvalue weighted by atomic mass is 10.4. The van der Waals surface area contributed by atoms with E-state index in [1.54, 1.807) is 32.8 Å². The summed E-state index contributed by atoms with van der Waals surface area (Å²) in [6.45, 7) is 12.4. The number of carbonyl (C=O) groups excluding carboxylic acids is 2. The van der Waals surface area contributed by atoms with Gasteiger partial charge in [-0.05, 0) is 13.8 Å². The quantitative estimate of drug-likeness (QED) is 0.104. The molecule has 37 heavy (non-hydrogen) atoms. The van der Waals surface area contributed by atoms with E-state index in [-0.39, 0.29) is 39.8 Å². The third kappa shape index (κ3) is 13.0. The number of carbonyl (C=O) groups is 2. The Labute approximate surface area is 218 Å². The molecule has 0 spiro atoms. The zero-order valence-corrected chi connectivity index (χ0v) is 22.2. The molecule has 0 unspecified atom stereocenters. The number of nitrogens with zero attached hydrogens (tertiary/aromatic N) is 6. The maximum atomic E-state index is 11.6. The van der Waals surface area contributed by atoms with Crippen LogP contribution in [0.2, 0.25) is 0 Å². The lowest BCUT2D eigenvalue weighted by molar-refractivity contribution is -0.140. The van der Waals surface area contributed by atoms with Gasteiger partial charge in [0.1, 0.15) is 13.2 Å². The number of hydrogen-bond acceptors (Lipinski definition) is 14. The summed E-state index contributed by atoms with van der Waals surface area (Å²) in [5.74, 6) is 0.0717. The maximum Gasteiger partial charge on any atom is 0.333 e. The van der Waals surface area contributed by atoms with Crippen LogP contribution >= 0.6 is 0 Å². The molecule has 1 aromatic rings. The van der Waals surface area contributed by atoms with Gasteiger partial charge in [0.2, 0.25) is 17.8 Å². The molecule has 1 rings (SSSR count). The first kappa shape index (κ1) is 31.7. The third-order valence-electron chi connectivity index (χ3n) is 4.76. The van der Waals surface area contributed by atoms with E-state index >= 15 is 0 Å². The first-order valence-electron chi connectivity index (χ1n) is 11.8. The topological polar surface area (TPSA) is 166 Å². The van der Waals surface area contributed by atoms with Crippen molar-refractivity contribution in [3.05, 3.63) is 24.3 Å². The smallest absolute Gasteiger partial charge is 0.333 e. The van der Waals surface area contributed by atoms with Crippen LogP contribution in [0.1, 0.15) is 13.8 Å². The Morgan fingerprint density at radius 1 is 0.784 bits per heavy atom. The van der Waals surface area contributed by atoms with E-state index in [2.05, 4.69) is 38.7 Å². The minimum Gasteiger partial charge on any atom is -0.461 e. The summed E-state index contributed by atoms with van der Waals surface area (Å²) in [6.07, 6.45) is 0. The molecular weight excluding hydrogens is 484 g/mol. The van der Waals surface area contributed by atoms with E-state index < -0.39 is 11.9 Å². The molecule has 1 aromatic heterocycles. The van der Waals surface area contributed by atoms with Gasteiger partial charge in [-0.2, -0.15) is 15.0 Å². The number of aliphatic hydroxyl groups is 2. The van der Waals surface area contributed by atoms with Crippen molar-refractivity contribution in [1.29, 1.82) is 0 Å². The van der Waals surface area contributed by atoms with Gasteiger partial charge in [-0.15, -0.1) is 0 Å². The first-order valence-corrected chi connectivity index (χ1v) is 11.8. The number of aliphatic hydroxyl groups excluding tert-OH is 2. The molecule has 0 aliphatic rings. The molecule has 0 saturated heterocycles. The van der Waals surface area contributed by atoms with Crippen molar-refractivity contribution in [3.8, 4) is 0 Å². The maximum absolute atomic E-state index is 11.6. The third-order valence-corrected chi connectivity index (χ3v) is 4.76. The van der Waals surface area contributed by atoms with Gasteiger partial charge < -0.3 is 35.2 Å². The molecule has 14 heteroatoms. The fourth-order valence-electron chi connectivity index (χ4n) is 2.69. The van der Waals surface area contributed by atoms with Crippen molar-refractivity contribution in [3.63, 3.8) is 0 Å². The van der Waals surface area contributed by atoms with Crippen LogP contribution in [0, 0.1) is 0 Å². The number of rotatable bonds is 19. The van der Waals surface area contributed by atoms with E-state index in [9.17, 15) is 19.8 Å². The summed E-state index contributed by atoms with van der Waals surface area (Å²) in [5, 5.41) is 25.0. The first-order chi connectivity index (χ1) is 17.6. The van der Waals surface area contributed by atoms with Crippen LogP contribution in [0.3, 0.4) is 0 Å². The fraction of sp³-hybridized carbons (Fsp3) is 0.609. The van der Waals surface area contributed by atoms with Crippen LogP contribution in [0.4, 0.5) is 17.8 Å². The molecule has 0 aliphatic heterocycles. The van der Waals surface area contributed by atoms with E-state index in [4.69, 9.17) is 9.47 Å². The Morgan fingerprint density at radius 3 is 1.51 bits per heavy atom. The van der Waals surface area contributed by atoms with Gasteiger partial charge in [0.05, 0.1) is 26.6 Å². The van der Waals surface area contributed by atoms with Gasteiger partial charge in [0.25, 0.3) is 0 Å². The highest BCUT2D eigenvalue weighted by molar-refractivity contribution is 5.87. The standard InChI is InChI=1S/C23H40N8O6/c1-17(2)19(34)36-13-9-30(7-11-32)15-24-21-26-22(28-23(27-21)29(5)6)25-16-31(8-12-33)10-14-37-20(35)18(3)4/h32-33H,1,3,7-16H2,2,4-6H3,(H2,24,25,26,27,28). The van der Waals surface area contributed by atoms with Gasteiger partial charge in [-0.3, -0.25) is 9.80 Å². The highest BCUT2D eigenvalue weighted by Gasteiger charge is 2.13. The molecule has 0 fully saturated rings. The minimum atomic E-state index is -0.468. The Balaban J connectivity index is 2.78. The molecule has 14 nitrogen and oxygen atoms in total. The van der Waals surface area contributed by atoms with Crippen molar-refractivity contribution >= 4 is 29.8 Å². The SMILES string of the molecule is C=C(C)C(=O)OCCN(CCO)CNc1nc(NCN(CCO)CCOC(=O)C(=C)C)nc(N(C)C)n1. The van der Waals surface area contributed by atoms with Crippen LogP contribution in [-0.4, -0.2) is 127 Å². The van der Waals surface area contributed by atoms with Crippen LogP contribution in [0.5, 0.6) is 0 Å². The Hall–Kier alpha value is -3.33. The molecule has 0 aromatic carbocycles. The van der Waals surface area contributed by atoms with E-state index in [0.717, 1.165) is 0 Å². The summed E-state index contributed by atoms with van der Waals surface area (Å²) < 4.78 is 10.3. The normalized spacial score (nSPS) is 10.8. The number of ether oxygens (including phenoxy) is 2. The zero-order valence-electron chi connectivity index (χ0n) is 22.2. The van der Waals surface area contributed by atoms with Gasteiger partial charge in [-0.1, -0.05) is 13.2 Å². The molecule has 0 atom stereocenters. The van der Waals surface area contributed by atoms with Crippen LogP contribution in [0.25, 0.3) is 0 Å². The molecular formula is C23H40N8O6. The monoisotopic (exact) mass is 524 g/mol. The number of nitrogens with one attached hydrogen (secondary N) is 2. The van der Waals surface area contributed by atoms with E-state index in [1.807, 2.05) is 9.80 Å². The van der Waals surface area contributed by atoms with Gasteiger partial charge in [0.15, 0.2) is 0 Å². The fourth-order valence-corrected chi connectivity index (χ4v) is 2.69. The molecule has 4 N–H and O–H groups in total. The molecule has 208 valence electrons. The molecule has 0 aliphatic carbocycles. The molecule has 0 amide bonds. The van der Waals surface area contributed by atoms with Crippen molar-refractivity contribution in [2.75, 3.05) is 95.6 Å². The average molecular weight is 525 g/mol. The summed E-state index contributed by atoms with van der Waals surface area (Å²) in [4.78, 5) is 41.8. The van der Waals surface area contributed by atoms with Crippen molar-refractivity contribution in [2.24, 2.45) is 0 Å². The highest BCUT2D eigenvalue weighted by Crippen LogP contribution is 2.12. The van der Waals surface area contributed by atoms with E-state index in [0.29, 0.717) is 55.2 Å². The van der Waals surface area contributed by atoms with Gasteiger partial charge >= 0.3 is 11.9 Å². The predicted octanol–water partition coefficient (Wildman–Crippen LogP) is -0.496. The van der Waals surface area contributed by atoms with Crippen LogP contribution < -0.4 is 15.5 Å². The summed E-state index contributed by atoms with van der Waals surface area (Å²) >= 11 is 0. The van der Waals surface area contributed by atoms with Crippen molar-refractivity contribution in [2.45, 2.75) is 13.8 Å². The van der Waals surface area contributed by atoms with Crippen molar-refractivity contribution < 1.29 is 29.3 Å². The second-order valence-corrected chi connectivity index (χ2v) is 8.36. The zero-order chi connectivity index (χ0) is 27.8. The second-order valence-electron chi connectivity index (χ2n) is 8.36.